The van der Waals surface area contributed by atoms with Crippen LogP contribution in [0.1, 0.15) is 19.3 Å². The zero-order valence-corrected chi connectivity index (χ0v) is 8.66. The van der Waals surface area contributed by atoms with Crippen LogP contribution >= 0.6 is 0 Å². The highest BCUT2D eigenvalue weighted by molar-refractivity contribution is 5.22. The highest BCUT2D eigenvalue weighted by Crippen LogP contribution is 2.24. The Hall–Kier alpha value is -1.09. The molecule has 82 valence electrons. The molecule has 1 fully saturated rings. The molecule has 1 aliphatic carbocycles. The minimum absolute atomic E-state index is 0.236. The summed E-state index contributed by atoms with van der Waals surface area (Å²) in [4.78, 5) is 0. The number of ether oxygens (including phenoxy) is 1. The third-order valence-corrected chi connectivity index (χ3v) is 3.00. The molecule has 2 atom stereocenters. The van der Waals surface area contributed by atoms with Crippen LogP contribution in [0.4, 0.5) is 4.39 Å². The fourth-order valence-corrected chi connectivity index (χ4v) is 2.01. The van der Waals surface area contributed by atoms with E-state index in [-0.39, 0.29) is 11.9 Å². The van der Waals surface area contributed by atoms with Crippen molar-refractivity contribution in [2.45, 2.75) is 25.3 Å². The number of hydrogen-bond donors (Lipinski definition) is 1. The average Bonchev–Trinajstić information content (AvgIpc) is 2.63. The van der Waals surface area contributed by atoms with Crippen LogP contribution in [0.5, 0.6) is 5.75 Å². The molecule has 1 aliphatic rings. The van der Waals surface area contributed by atoms with Crippen LogP contribution in [0.15, 0.2) is 24.3 Å². The van der Waals surface area contributed by atoms with Gasteiger partial charge in [-0.1, -0.05) is 6.42 Å². The van der Waals surface area contributed by atoms with Gasteiger partial charge in [0.25, 0.3) is 0 Å². The molecule has 1 aromatic carbocycles. The zero-order valence-electron chi connectivity index (χ0n) is 8.66. The highest BCUT2D eigenvalue weighted by atomic mass is 19.1. The van der Waals surface area contributed by atoms with E-state index in [0.717, 1.165) is 18.6 Å². The lowest BCUT2D eigenvalue weighted by molar-refractivity contribution is 0.239. The summed E-state index contributed by atoms with van der Waals surface area (Å²) in [7, 11) is 0. The summed E-state index contributed by atoms with van der Waals surface area (Å²) in [5.74, 6) is 0.936. The fourth-order valence-electron chi connectivity index (χ4n) is 2.01. The van der Waals surface area contributed by atoms with E-state index in [4.69, 9.17) is 10.5 Å². The number of benzene rings is 1. The minimum atomic E-state index is -0.236. The summed E-state index contributed by atoms with van der Waals surface area (Å²) < 4.78 is 18.2. The molecular formula is C12H16FNO. The molecule has 0 saturated heterocycles. The molecule has 0 spiro atoms. The number of nitrogens with two attached hydrogens (primary N) is 1. The van der Waals surface area contributed by atoms with Gasteiger partial charge >= 0.3 is 0 Å². The van der Waals surface area contributed by atoms with E-state index < -0.39 is 0 Å². The second-order valence-electron chi connectivity index (χ2n) is 4.12. The smallest absolute Gasteiger partial charge is 0.123 e. The summed E-state index contributed by atoms with van der Waals surface area (Å²) >= 11 is 0. The Morgan fingerprint density at radius 2 is 2.00 bits per heavy atom. The second kappa shape index (κ2) is 4.62. The van der Waals surface area contributed by atoms with E-state index in [1.807, 2.05) is 0 Å². The quantitative estimate of drug-likeness (QED) is 0.829. The lowest BCUT2D eigenvalue weighted by atomic mass is 10.1. The van der Waals surface area contributed by atoms with Crippen LogP contribution in [-0.4, -0.2) is 12.6 Å². The summed E-state index contributed by atoms with van der Waals surface area (Å²) in [6.45, 7) is 0.646. The normalized spacial score (nSPS) is 25.5. The van der Waals surface area contributed by atoms with Gasteiger partial charge in [0.05, 0.1) is 6.61 Å². The zero-order chi connectivity index (χ0) is 10.7. The van der Waals surface area contributed by atoms with Crippen molar-refractivity contribution in [1.29, 1.82) is 0 Å². The Bertz CT molecular complexity index is 312. The maximum absolute atomic E-state index is 12.6. The molecule has 0 aromatic heterocycles. The first-order valence-corrected chi connectivity index (χ1v) is 5.39. The number of halogens is 1. The van der Waals surface area contributed by atoms with Gasteiger partial charge in [-0.05, 0) is 37.1 Å². The van der Waals surface area contributed by atoms with E-state index in [0.29, 0.717) is 12.5 Å². The van der Waals surface area contributed by atoms with E-state index in [1.165, 1.54) is 18.6 Å². The first-order chi connectivity index (χ1) is 7.25. The number of rotatable bonds is 3. The molecule has 0 aliphatic heterocycles. The van der Waals surface area contributed by atoms with Crippen molar-refractivity contribution in [1.82, 2.24) is 0 Å². The molecule has 3 heteroatoms. The van der Waals surface area contributed by atoms with E-state index in [2.05, 4.69) is 0 Å². The van der Waals surface area contributed by atoms with Gasteiger partial charge in [0.1, 0.15) is 11.6 Å². The van der Waals surface area contributed by atoms with Gasteiger partial charge in [0.2, 0.25) is 0 Å². The van der Waals surface area contributed by atoms with Gasteiger partial charge in [-0.3, -0.25) is 0 Å². The molecular weight excluding hydrogens is 193 g/mol. The van der Waals surface area contributed by atoms with Crippen LogP contribution in [0, 0.1) is 11.7 Å². The monoisotopic (exact) mass is 209 g/mol. The topological polar surface area (TPSA) is 35.2 Å². The van der Waals surface area contributed by atoms with E-state index in [1.54, 1.807) is 12.1 Å². The van der Waals surface area contributed by atoms with Gasteiger partial charge < -0.3 is 10.5 Å². The molecule has 1 saturated carbocycles. The Morgan fingerprint density at radius 3 is 2.60 bits per heavy atom. The van der Waals surface area contributed by atoms with Crippen LogP contribution in [-0.2, 0) is 0 Å². The predicted octanol–water partition coefficient (Wildman–Crippen LogP) is 2.33. The van der Waals surface area contributed by atoms with Gasteiger partial charge in [-0.2, -0.15) is 0 Å². The van der Waals surface area contributed by atoms with Gasteiger partial charge in [0, 0.05) is 12.0 Å². The van der Waals surface area contributed by atoms with Crippen LogP contribution < -0.4 is 10.5 Å². The molecule has 15 heavy (non-hydrogen) atoms. The lowest BCUT2D eigenvalue weighted by Gasteiger charge is -2.15. The molecule has 2 nitrogen and oxygen atoms in total. The molecule has 1 aromatic rings. The molecule has 0 bridgehead atoms. The van der Waals surface area contributed by atoms with Gasteiger partial charge in [-0.25, -0.2) is 4.39 Å². The molecule has 2 rings (SSSR count). The van der Waals surface area contributed by atoms with Crippen molar-refractivity contribution in [3.63, 3.8) is 0 Å². The van der Waals surface area contributed by atoms with Crippen molar-refractivity contribution >= 4 is 0 Å². The van der Waals surface area contributed by atoms with Crippen molar-refractivity contribution in [3.8, 4) is 5.75 Å². The maximum Gasteiger partial charge on any atom is 0.123 e. The molecule has 0 heterocycles. The standard InChI is InChI=1S/C12H16FNO/c13-10-4-6-11(7-5-10)15-8-9-2-1-3-12(9)14/h4-7,9,12H,1-3,8,14H2/t9-,12+/m1/s1. The summed E-state index contributed by atoms with van der Waals surface area (Å²) in [6.07, 6.45) is 3.43. The van der Waals surface area contributed by atoms with E-state index in [9.17, 15) is 4.39 Å². The first-order valence-electron chi connectivity index (χ1n) is 5.39. The van der Waals surface area contributed by atoms with E-state index >= 15 is 0 Å². The Kier molecular flexibility index (Phi) is 3.21. The van der Waals surface area contributed by atoms with Gasteiger partial charge in [-0.15, -0.1) is 0 Å². The molecule has 2 N–H and O–H groups in total. The minimum Gasteiger partial charge on any atom is -0.493 e. The van der Waals surface area contributed by atoms with Crippen molar-refractivity contribution in [3.05, 3.63) is 30.1 Å². The Labute approximate surface area is 89.2 Å². The summed E-state index contributed by atoms with van der Waals surface area (Å²) in [5.41, 5.74) is 5.93. The number of hydrogen-bond acceptors (Lipinski definition) is 2. The maximum atomic E-state index is 12.6. The molecule has 0 amide bonds. The summed E-state index contributed by atoms with van der Waals surface area (Å²) in [5, 5.41) is 0. The average molecular weight is 209 g/mol. The first kappa shape index (κ1) is 10.4. The molecule has 0 unspecified atom stereocenters. The third-order valence-electron chi connectivity index (χ3n) is 3.00. The van der Waals surface area contributed by atoms with Crippen molar-refractivity contribution in [2.75, 3.05) is 6.61 Å². The SMILES string of the molecule is N[C@H]1CCC[C@@H]1COc1ccc(F)cc1. The third kappa shape index (κ3) is 2.69. The fraction of sp³-hybridized carbons (Fsp3) is 0.500. The lowest BCUT2D eigenvalue weighted by Crippen LogP contribution is -2.28. The van der Waals surface area contributed by atoms with Crippen LogP contribution in [0.3, 0.4) is 0 Å². The summed E-state index contributed by atoms with van der Waals surface area (Å²) in [6, 6.07) is 6.38. The van der Waals surface area contributed by atoms with Crippen LogP contribution in [0.2, 0.25) is 0 Å². The second-order valence-corrected chi connectivity index (χ2v) is 4.12. The molecule has 0 radical (unpaired) electrons. The predicted molar refractivity (Wildman–Crippen MR) is 57.2 cm³/mol. The van der Waals surface area contributed by atoms with Crippen molar-refractivity contribution in [2.24, 2.45) is 11.7 Å². The largest absolute Gasteiger partial charge is 0.493 e. The van der Waals surface area contributed by atoms with Crippen molar-refractivity contribution < 1.29 is 9.13 Å². The Balaban J connectivity index is 1.85. The van der Waals surface area contributed by atoms with Crippen LogP contribution in [0.25, 0.3) is 0 Å². The highest BCUT2D eigenvalue weighted by Gasteiger charge is 2.24. The Morgan fingerprint density at radius 1 is 1.27 bits per heavy atom. The van der Waals surface area contributed by atoms with Gasteiger partial charge in [0.15, 0.2) is 0 Å².